The second-order valence-electron chi connectivity index (χ2n) is 3.78. The fourth-order valence-corrected chi connectivity index (χ4v) is 1.01. The van der Waals surface area contributed by atoms with Crippen LogP contribution in [0.5, 0.6) is 0 Å². The predicted octanol–water partition coefficient (Wildman–Crippen LogP) is 1.28. The van der Waals surface area contributed by atoms with E-state index in [1.165, 1.54) is 0 Å². The van der Waals surface area contributed by atoms with Crippen molar-refractivity contribution in [3.63, 3.8) is 0 Å². The van der Waals surface area contributed by atoms with Crippen molar-refractivity contribution in [2.45, 2.75) is 26.8 Å². The van der Waals surface area contributed by atoms with Crippen molar-refractivity contribution in [3.05, 3.63) is 0 Å². The first kappa shape index (κ1) is 12.9. The molecule has 3 nitrogen and oxygen atoms in total. The normalized spacial score (nSPS) is 13.6. The van der Waals surface area contributed by atoms with Crippen LogP contribution < -0.4 is 5.32 Å². The van der Waals surface area contributed by atoms with Crippen LogP contribution in [-0.2, 0) is 9.47 Å². The second kappa shape index (κ2) is 8.48. The number of hydrogen-bond donors (Lipinski definition) is 1. The van der Waals surface area contributed by atoms with Gasteiger partial charge in [-0.3, -0.25) is 0 Å². The van der Waals surface area contributed by atoms with Gasteiger partial charge in [0.15, 0.2) is 0 Å². The Bertz CT molecular complexity index is 107. The summed E-state index contributed by atoms with van der Waals surface area (Å²) in [4.78, 5) is 0. The second-order valence-corrected chi connectivity index (χ2v) is 3.78. The monoisotopic (exact) mass is 189 g/mol. The summed E-state index contributed by atoms with van der Waals surface area (Å²) in [6.07, 6.45) is 0. The van der Waals surface area contributed by atoms with Gasteiger partial charge in [0.05, 0.1) is 13.2 Å². The van der Waals surface area contributed by atoms with E-state index in [2.05, 4.69) is 26.1 Å². The molecular weight excluding hydrogens is 166 g/mol. The summed E-state index contributed by atoms with van der Waals surface area (Å²) in [5.74, 6) is 0.622. The van der Waals surface area contributed by atoms with Gasteiger partial charge in [-0.2, -0.15) is 0 Å². The molecule has 0 aliphatic rings. The Morgan fingerprint density at radius 1 is 1.15 bits per heavy atom. The molecule has 0 radical (unpaired) electrons. The van der Waals surface area contributed by atoms with E-state index in [0.717, 1.165) is 26.4 Å². The van der Waals surface area contributed by atoms with Gasteiger partial charge in [-0.1, -0.05) is 13.8 Å². The van der Waals surface area contributed by atoms with Crippen molar-refractivity contribution in [2.24, 2.45) is 5.92 Å². The van der Waals surface area contributed by atoms with Crippen molar-refractivity contribution in [3.8, 4) is 0 Å². The molecule has 0 saturated heterocycles. The molecule has 0 aliphatic heterocycles. The van der Waals surface area contributed by atoms with Gasteiger partial charge in [-0.25, -0.2) is 0 Å². The molecular formula is C10H23NO2. The molecule has 0 heterocycles. The number of rotatable bonds is 8. The van der Waals surface area contributed by atoms with Crippen LogP contribution in [0, 0.1) is 5.92 Å². The zero-order chi connectivity index (χ0) is 10.1. The van der Waals surface area contributed by atoms with Crippen LogP contribution in [0.4, 0.5) is 0 Å². The summed E-state index contributed by atoms with van der Waals surface area (Å²) in [6, 6.07) is 0.410. The Kier molecular flexibility index (Phi) is 8.40. The fourth-order valence-electron chi connectivity index (χ4n) is 1.01. The van der Waals surface area contributed by atoms with Crippen LogP contribution in [0.25, 0.3) is 0 Å². The van der Waals surface area contributed by atoms with Crippen LogP contribution >= 0.6 is 0 Å². The topological polar surface area (TPSA) is 30.5 Å². The number of methoxy groups -OCH3 is 1. The Hall–Kier alpha value is -0.120. The highest BCUT2D eigenvalue weighted by Gasteiger charge is 1.99. The minimum absolute atomic E-state index is 0.410. The van der Waals surface area contributed by atoms with Gasteiger partial charge in [0, 0.05) is 26.3 Å². The highest BCUT2D eigenvalue weighted by Crippen LogP contribution is 1.91. The van der Waals surface area contributed by atoms with E-state index in [-0.39, 0.29) is 0 Å². The van der Waals surface area contributed by atoms with E-state index in [4.69, 9.17) is 9.47 Å². The molecule has 3 heteroatoms. The average molecular weight is 189 g/mol. The molecule has 13 heavy (non-hydrogen) atoms. The number of nitrogens with one attached hydrogen (secondary N) is 1. The average Bonchev–Trinajstić information content (AvgIpc) is 2.03. The summed E-state index contributed by atoms with van der Waals surface area (Å²) in [6.45, 7) is 9.70. The lowest BCUT2D eigenvalue weighted by molar-refractivity contribution is 0.105. The first-order valence-electron chi connectivity index (χ1n) is 4.97. The maximum absolute atomic E-state index is 5.42. The molecule has 0 fully saturated rings. The van der Waals surface area contributed by atoms with E-state index in [1.807, 2.05) is 0 Å². The Morgan fingerprint density at radius 2 is 1.85 bits per heavy atom. The first-order chi connectivity index (χ1) is 6.16. The summed E-state index contributed by atoms with van der Waals surface area (Å²) >= 11 is 0. The van der Waals surface area contributed by atoms with Crippen LogP contribution in [0.2, 0.25) is 0 Å². The number of ether oxygens (including phenoxy) is 2. The maximum atomic E-state index is 5.42. The van der Waals surface area contributed by atoms with Gasteiger partial charge in [0.1, 0.15) is 0 Å². The van der Waals surface area contributed by atoms with Crippen LogP contribution in [0.3, 0.4) is 0 Å². The lowest BCUT2D eigenvalue weighted by Crippen LogP contribution is -2.33. The highest BCUT2D eigenvalue weighted by molar-refractivity contribution is 4.57. The largest absolute Gasteiger partial charge is 0.383 e. The molecule has 0 amide bonds. The molecule has 0 aromatic rings. The first-order valence-corrected chi connectivity index (χ1v) is 4.97. The highest BCUT2D eigenvalue weighted by atomic mass is 16.5. The summed E-state index contributed by atoms with van der Waals surface area (Å²) in [5.41, 5.74) is 0. The predicted molar refractivity (Wildman–Crippen MR) is 55.0 cm³/mol. The lowest BCUT2D eigenvalue weighted by Gasteiger charge is -2.13. The third-order valence-corrected chi connectivity index (χ3v) is 1.61. The number of hydrogen-bond acceptors (Lipinski definition) is 3. The quantitative estimate of drug-likeness (QED) is 0.584. The smallest absolute Gasteiger partial charge is 0.0613 e. The van der Waals surface area contributed by atoms with E-state index in [9.17, 15) is 0 Å². The van der Waals surface area contributed by atoms with Gasteiger partial charge in [-0.15, -0.1) is 0 Å². The standard InChI is InChI=1S/C10H23NO2/c1-9(2)7-13-6-5-11-10(3)8-12-4/h9-11H,5-8H2,1-4H3. The summed E-state index contributed by atoms with van der Waals surface area (Å²) in [7, 11) is 1.72. The zero-order valence-electron chi connectivity index (χ0n) is 9.30. The van der Waals surface area contributed by atoms with E-state index in [1.54, 1.807) is 7.11 Å². The van der Waals surface area contributed by atoms with Gasteiger partial charge in [0.2, 0.25) is 0 Å². The van der Waals surface area contributed by atoms with Crippen LogP contribution in [-0.4, -0.2) is 39.5 Å². The van der Waals surface area contributed by atoms with Crippen LogP contribution in [0.1, 0.15) is 20.8 Å². The van der Waals surface area contributed by atoms with Crippen molar-refractivity contribution in [2.75, 3.05) is 33.5 Å². The Morgan fingerprint density at radius 3 is 2.38 bits per heavy atom. The third-order valence-electron chi connectivity index (χ3n) is 1.61. The van der Waals surface area contributed by atoms with Gasteiger partial charge < -0.3 is 14.8 Å². The van der Waals surface area contributed by atoms with Crippen molar-refractivity contribution in [1.82, 2.24) is 5.32 Å². The summed E-state index contributed by atoms with van der Waals surface area (Å²) in [5, 5.41) is 3.31. The van der Waals surface area contributed by atoms with Gasteiger partial charge >= 0.3 is 0 Å². The molecule has 0 spiro atoms. The molecule has 1 unspecified atom stereocenters. The van der Waals surface area contributed by atoms with Crippen LogP contribution in [0.15, 0.2) is 0 Å². The Balaban J connectivity index is 3.06. The van der Waals surface area contributed by atoms with E-state index < -0.39 is 0 Å². The molecule has 1 atom stereocenters. The molecule has 1 N–H and O–H groups in total. The molecule has 0 saturated carbocycles. The Labute approximate surface area is 81.8 Å². The summed E-state index contributed by atoms with van der Waals surface area (Å²) < 4.78 is 10.4. The fraction of sp³-hybridized carbons (Fsp3) is 1.00. The molecule has 0 rings (SSSR count). The van der Waals surface area contributed by atoms with Gasteiger partial charge in [0.25, 0.3) is 0 Å². The van der Waals surface area contributed by atoms with Crippen molar-refractivity contribution >= 4 is 0 Å². The molecule has 0 aliphatic carbocycles. The van der Waals surface area contributed by atoms with Crippen molar-refractivity contribution < 1.29 is 9.47 Å². The SMILES string of the molecule is COCC(C)NCCOCC(C)C. The molecule has 0 aromatic heterocycles. The van der Waals surface area contributed by atoms with E-state index in [0.29, 0.717) is 12.0 Å². The lowest BCUT2D eigenvalue weighted by atomic mass is 10.2. The zero-order valence-corrected chi connectivity index (χ0v) is 9.30. The van der Waals surface area contributed by atoms with Gasteiger partial charge in [-0.05, 0) is 12.8 Å². The molecule has 0 aromatic carbocycles. The molecule has 0 bridgehead atoms. The third kappa shape index (κ3) is 9.80. The molecule has 80 valence electrons. The van der Waals surface area contributed by atoms with E-state index >= 15 is 0 Å². The minimum atomic E-state index is 0.410. The maximum Gasteiger partial charge on any atom is 0.0613 e. The van der Waals surface area contributed by atoms with Crippen molar-refractivity contribution in [1.29, 1.82) is 0 Å². The minimum Gasteiger partial charge on any atom is -0.383 e.